The summed E-state index contributed by atoms with van der Waals surface area (Å²) in [5, 5.41) is 18.4. The maximum absolute atomic E-state index is 14.1. The first-order chi connectivity index (χ1) is 21.9. The van der Waals surface area contributed by atoms with Gasteiger partial charge in [0.2, 0.25) is 0 Å². The zero-order chi connectivity index (χ0) is 35.4. The van der Waals surface area contributed by atoms with Gasteiger partial charge in [-0.25, -0.2) is 4.79 Å². The first kappa shape index (κ1) is 38.9. The van der Waals surface area contributed by atoms with E-state index in [9.17, 15) is 19.5 Å². The lowest BCUT2D eigenvalue weighted by molar-refractivity contribution is -0.295. The van der Waals surface area contributed by atoms with Crippen LogP contribution in [0, 0.1) is 17.8 Å². The number of aliphatic hydroxyl groups excluding tert-OH is 1. The minimum atomic E-state index is -1.32. The van der Waals surface area contributed by atoms with E-state index in [-0.39, 0.29) is 31.2 Å². The number of hydrogen-bond donors (Lipinski definition) is 2. The number of fused-ring (bicyclic) bond motifs is 1. The normalized spacial score (nSPS) is 42.5. The molecule has 0 saturated carbocycles. The molecule has 15 heteroatoms. The topological polar surface area (TPSA) is 185 Å². The Kier molecular flexibility index (Phi) is 13.1. The second kappa shape index (κ2) is 15.8. The quantitative estimate of drug-likeness (QED) is 0.133. The number of ether oxygens (including phenoxy) is 5. The van der Waals surface area contributed by atoms with Crippen molar-refractivity contribution in [3.63, 3.8) is 0 Å². The lowest BCUT2D eigenvalue weighted by Crippen LogP contribution is -2.60. The Morgan fingerprint density at radius 1 is 1.17 bits per heavy atom. The van der Waals surface area contributed by atoms with Gasteiger partial charge in [0.25, 0.3) is 0 Å². The third-order valence-corrected chi connectivity index (χ3v) is 10.3. The maximum atomic E-state index is 14.1. The molecular formula is C32H56N6O9. The number of carbonyl (C=O) groups is 3. The van der Waals surface area contributed by atoms with Crippen molar-refractivity contribution in [3.05, 3.63) is 10.4 Å². The molecule has 268 valence electrons. The molecule has 0 aromatic heterocycles. The lowest BCUT2D eigenvalue weighted by Gasteiger charge is -2.46. The molecule has 2 N–H and O–H groups in total. The third-order valence-electron chi connectivity index (χ3n) is 10.3. The van der Waals surface area contributed by atoms with Crippen molar-refractivity contribution < 1.29 is 43.2 Å². The number of likely N-dealkylation sites (N-methyl/N-ethyl adjacent to an activating group) is 1. The van der Waals surface area contributed by atoms with Gasteiger partial charge in [0.1, 0.15) is 24.8 Å². The van der Waals surface area contributed by atoms with Crippen LogP contribution in [0.3, 0.4) is 0 Å². The highest BCUT2D eigenvalue weighted by atomic mass is 16.7. The number of carbonyl (C=O) groups excluding carboxylic acids is 3. The van der Waals surface area contributed by atoms with Gasteiger partial charge in [-0.3, -0.25) is 14.5 Å². The minimum Gasteiger partial charge on any atom is -0.458 e. The zero-order valence-electron chi connectivity index (χ0n) is 29.8. The zero-order valence-corrected chi connectivity index (χ0v) is 29.8. The predicted molar refractivity (Wildman–Crippen MR) is 172 cm³/mol. The van der Waals surface area contributed by atoms with Gasteiger partial charge in [-0.05, 0) is 86.0 Å². The Morgan fingerprint density at radius 2 is 1.83 bits per heavy atom. The molecule has 47 heavy (non-hydrogen) atoms. The fourth-order valence-electron chi connectivity index (χ4n) is 7.67. The van der Waals surface area contributed by atoms with Crippen LogP contribution in [0.4, 0.5) is 4.79 Å². The molecule has 3 aliphatic rings. The van der Waals surface area contributed by atoms with Gasteiger partial charge >= 0.3 is 12.1 Å². The van der Waals surface area contributed by atoms with Crippen LogP contribution < -0.4 is 5.32 Å². The van der Waals surface area contributed by atoms with Gasteiger partial charge in [0, 0.05) is 30.0 Å². The highest BCUT2D eigenvalue weighted by Gasteiger charge is 2.58. The number of amides is 1. The highest BCUT2D eigenvalue weighted by molar-refractivity contribution is 6.00. The Balaban J connectivity index is 2.06. The summed E-state index contributed by atoms with van der Waals surface area (Å²) in [5.74, 6) is -3.31. The standard InChI is InChI=1S/C32H56N6O9/c1-12-23-32(8)26(38(16-35-36-33)30(42)47-32)21(6)34-15-17(2)14-31(7,43-11)27(19(4)24(39)20(5)28(41)45-23)46-29-25(40)22(37(9)10)13-18(3)44-29/h17-23,25-27,29,34,40H,12-16H2,1-11H3/t17-,18?,19+,20-,21-,22?,23-,25?,26-,27-,29+,31-,32-/m1/s1. The van der Waals surface area contributed by atoms with Crippen molar-refractivity contribution in [2.24, 2.45) is 22.9 Å². The van der Waals surface area contributed by atoms with Gasteiger partial charge in [-0.15, -0.1) is 0 Å². The molecule has 0 aromatic carbocycles. The number of aliphatic hydroxyl groups is 1. The molecule has 0 aliphatic carbocycles. The first-order valence-corrected chi connectivity index (χ1v) is 16.6. The number of methoxy groups -OCH3 is 1. The molecule has 0 aromatic rings. The summed E-state index contributed by atoms with van der Waals surface area (Å²) >= 11 is 0. The minimum absolute atomic E-state index is 0.0429. The van der Waals surface area contributed by atoms with Crippen LogP contribution >= 0.6 is 0 Å². The molecule has 1 amide bonds. The molecule has 3 unspecified atom stereocenters. The predicted octanol–water partition coefficient (Wildman–Crippen LogP) is 3.23. The summed E-state index contributed by atoms with van der Waals surface area (Å²) in [5.41, 5.74) is 6.62. The Labute approximate surface area is 278 Å². The molecule has 0 spiro atoms. The van der Waals surface area contributed by atoms with Gasteiger partial charge in [0.05, 0.1) is 23.9 Å². The van der Waals surface area contributed by atoms with E-state index in [0.717, 1.165) is 0 Å². The van der Waals surface area contributed by atoms with Crippen molar-refractivity contribution in [1.82, 2.24) is 15.1 Å². The van der Waals surface area contributed by atoms with Crippen LogP contribution in [0.2, 0.25) is 0 Å². The number of ketones is 1. The van der Waals surface area contributed by atoms with Crippen molar-refractivity contribution >= 4 is 17.8 Å². The van der Waals surface area contributed by atoms with E-state index < -0.39 is 77.6 Å². The van der Waals surface area contributed by atoms with Crippen LogP contribution in [-0.2, 0) is 33.3 Å². The SMILES string of the molecule is CC[C@H]1OC(=O)[C@H](C)C(=O)[C@H](C)[C@@H](O[C@@H]2OC(C)CC(N(C)C)C2O)[C@](C)(OC)C[C@@H](C)CN[C@H](C)[C@H]2N(CN=[N+]=[N-])C(=O)O[C@]12C. The summed E-state index contributed by atoms with van der Waals surface area (Å²) in [6.07, 6.45) is -3.44. The lowest BCUT2D eigenvalue weighted by atomic mass is 9.78. The van der Waals surface area contributed by atoms with Crippen molar-refractivity contribution in [2.75, 3.05) is 34.4 Å². The van der Waals surface area contributed by atoms with Gasteiger partial charge in [0.15, 0.2) is 17.7 Å². The van der Waals surface area contributed by atoms with Gasteiger partial charge in [-0.2, -0.15) is 0 Å². The summed E-state index contributed by atoms with van der Waals surface area (Å²) in [6.45, 7) is 14.6. The number of azide groups is 1. The monoisotopic (exact) mass is 668 g/mol. The summed E-state index contributed by atoms with van der Waals surface area (Å²) < 4.78 is 30.7. The molecule has 3 heterocycles. The van der Waals surface area contributed by atoms with Crippen LogP contribution in [0.25, 0.3) is 10.4 Å². The maximum Gasteiger partial charge on any atom is 0.411 e. The highest BCUT2D eigenvalue weighted by Crippen LogP contribution is 2.40. The first-order valence-electron chi connectivity index (χ1n) is 16.6. The second-order valence-corrected chi connectivity index (χ2v) is 14.2. The smallest absolute Gasteiger partial charge is 0.411 e. The molecule has 0 radical (unpaired) electrons. The average Bonchev–Trinajstić information content (AvgIpc) is 3.28. The van der Waals surface area contributed by atoms with Gasteiger partial charge in [-0.1, -0.05) is 25.9 Å². The number of rotatable bonds is 7. The van der Waals surface area contributed by atoms with E-state index in [1.165, 1.54) is 11.8 Å². The fourth-order valence-corrected chi connectivity index (χ4v) is 7.67. The summed E-state index contributed by atoms with van der Waals surface area (Å²) in [4.78, 5) is 47.0. The van der Waals surface area contributed by atoms with Crippen LogP contribution in [-0.4, -0.2) is 127 Å². The Hall–Kier alpha value is -2.52. The van der Waals surface area contributed by atoms with Crippen LogP contribution in [0.15, 0.2) is 5.11 Å². The number of esters is 1. The number of Topliss-reactive ketones (excluding diaryl/α,β-unsaturated/α-hetero) is 1. The van der Waals surface area contributed by atoms with E-state index in [1.54, 1.807) is 27.9 Å². The van der Waals surface area contributed by atoms with Crippen molar-refractivity contribution in [3.8, 4) is 0 Å². The van der Waals surface area contributed by atoms with E-state index in [2.05, 4.69) is 15.3 Å². The molecule has 0 bridgehead atoms. The number of nitrogens with zero attached hydrogens (tertiary/aromatic N) is 5. The summed E-state index contributed by atoms with van der Waals surface area (Å²) in [7, 11) is 5.32. The van der Waals surface area contributed by atoms with Gasteiger partial charge < -0.3 is 39.0 Å². The summed E-state index contributed by atoms with van der Waals surface area (Å²) in [6, 6.07) is -1.31. The molecular weight excluding hydrogens is 612 g/mol. The van der Waals surface area contributed by atoms with Crippen LogP contribution in [0.1, 0.15) is 74.7 Å². The Bertz CT molecular complexity index is 1170. The van der Waals surface area contributed by atoms with Crippen molar-refractivity contribution in [2.45, 2.75) is 135 Å². The molecule has 3 saturated heterocycles. The van der Waals surface area contributed by atoms with E-state index in [0.29, 0.717) is 19.4 Å². The molecule has 15 nitrogen and oxygen atoms in total. The molecule has 13 atom stereocenters. The number of nitrogens with one attached hydrogen (secondary N) is 1. The van der Waals surface area contributed by atoms with E-state index >= 15 is 0 Å². The molecule has 3 aliphatic heterocycles. The number of hydrogen-bond acceptors (Lipinski definition) is 12. The molecule has 3 rings (SSSR count). The number of cyclic esters (lactones) is 1. The average molecular weight is 669 g/mol. The van der Waals surface area contributed by atoms with E-state index in [4.69, 9.17) is 29.2 Å². The van der Waals surface area contributed by atoms with E-state index in [1.807, 2.05) is 46.7 Å². The third kappa shape index (κ3) is 8.21. The fraction of sp³-hybridized carbons (Fsp3) is 0.906. The van der Waals surface area contributed by atoms with Crippen molar-refractivity contribution in [1.29, 1.82) is 0 Å². The second-order valence-electron chi connectivity index (χ2n) is 14.2. The van der Waals surface area contributed by atoms with Crippen LogP contribution in [0.5, 0.6) is 0 Å². The largest absolute Gasteiger partial charge is 0.458 e. The molecule has 3 fully saturated rings. The Morgan fingerprint density at radius 3 is 2.40 bits per heavy atom.